The zero-order valence-electron chi connectivity index (χ0n) is 10.3. The standard InChI is InChI=1S/C14H14BrF2NO/c15-10-7-11(16)14(12(17)8-10)18-13(19)6-9-4-2-1-3-5-9/h4,7-8H,1-3,5-6H2,(H,18,19). The van der Waals surface area contributed by atoms with E-state index in [4.69, 9.17) is 0 Å². The molecular weight excluding hydrogens is 316 g/mol. The monoisotopic (exact) mass is 329 g/mol. The summed E-state index contributed by atoms with van der Waals surface area (Å²) in [5.41, 5.74) is 0.659. The summed E-state index contributed by atoms with van der Waals surface area (Å²) in [6.07, 6.45) is 6.32. The van der Waals surface area contributed by atoms with E-state index in [2.05, 4.69) is 21.2 Å². The molecule has 0 heterocycles. The van der Waals surface area contributed by atoms with Crippen LogP contribution in [0.5, 0.6) is 0 Å². The number of carbonyl (C=O) groups excluding carboxylic acids is 1. The number of carbonyl (C=O) groups is 1. The van der Waals surface area contributed by atoms with Crippen LogP contribution in [-0.2, 0) is 4.79 Å². The summed E-state index contributed by atoms with van der Waals surface area (Å²) in [6.45, 7) is 0. The van der Waals surface area contributed by atoms with Gasteiger partial charge in [0.25, 0.3) is 0 Å². The molecular formula is C14H14BrF2NO. The number of amides is 1. The Balaban J connectivity index is 2.04. The summed E-state index contributed by atoms with van der Waals surface area (Å²) in [5.74, 6) is -1.94. The van der Waals surface area contributed by atoms with Crippen LogP contribution in [0.1, 0.15) is 32.1 Å². The van der Waals surface area contributed by atoms with Crippen LogP contribution in [0.3, 0.4) is 0 Å². The predicted octanol–water partition coefficient (Wildman–Crippen LogP) is 4.56. The first-order valence-corrected chi connectivity index (χ1v) is 6.98. The van der Waals surface area contributed by atoms with E-state index in [9.17, 15) is 13.6 Å². The van der Waals surface area contributed by atoms with Gasteiger partial charge in [0.2, 0.25) is 5.91 Å². The summed E-state index contributed by atoms with van der Waals surface area (Å²) in [4.78, 5) is 11.8. The van der Waals surface area contributed by atoms with Crippen LogP contribution in [0.4, 0.5) is 14.5 Å². The van der Waals surface area contributed by atoms with Crippen molar-refractivity contribution >= 4 is 27.5 Å². The first-order valence-electron chi connectivity index (χ1n) is 6.18. The van der Waals surface area contributed by atoms with Gasteiger partial charge in [0.1, 0.15) is 5.69 Å². The van der Waals surface area contributed by atoms with Crippen LogP contribution in [0.25, 0.3) is 0 Å². The second-order valence-electron chi connectivity index (χ2n) is 4.58. The van der Waals surface area contributed by atoms with Crippen molar-refractivity contribution < 1.29 is 13.6 Å². The van der Waals surface area contributed by atoms with Crippen molar-refractivity contribution in [3.63, 3.8) is 0 Å². The molecule has 5 heteroatoms. The molecule has 0 saturated carbocycles. The van der Waals surface area contributed by atoms with Gasteiger partial charge in [0.05, 0.1) is 0 Å². The Kier molecular flexibility index (Phi) is 4.69. The Labute approximate surface area is 119 Å². The van der Waals surface area contributed by atoms with Gasteiger partial charge in [-0.1, -0.05) is 27.6 Å². The zero-order valence-corrected chi connectivity index (χ0v) is 11.9. The van der Waals surface area contributed by atoms with E-state index in [1.54, 1.807) is 0 Å². The van der Waals surface area contributed by atoms with Crippen LogP contribution in [0.2, 0.25) is 0 Å². The fourth-order valence-corrected chi connectivity index (χ4v) is 2.52. The number of benzene rings is 1. The third kappa shape index (κ3) is 3.86. The lowest BCUT2D eigenvalue weighted by atomic mass is 9.97. The maximum atomic E-state index is 13.6. The summed E-state index contributed by atoms with van der Waals surface area (Å²) in [6, 6.07) is 2.25. The first kappa shape index (κ1) is 14.2. The van der Waals surface area contributed by atoms with Crippen molar-refractivity contribution in [1.29, 1.82) is 0 Å². The van der Waals surface area contributed by atoms with Gasteiger partial charge in [-0.15, -0.1) is 0 Å². The van der Waals surface area contributed by atoms with Gasteiger partial charge < -0.3 is 5.32 Å². The SMILES string of the molecule is O=C(CC1=CCCCC1)Nc1c(F)cc(Br)cc1F. The smallest absolute Gasteiger partial charge is 0.228 e. The highest BCUT2D eigenvalue weighted by molar-refractivity contribution is 9.10. The molecule has 0 bridgehead atoms. The third-order valence-electron chi connectivity index (χ3n) is 3.04. The number of rotatable bonds is 3. The van der Waals surface area contributed by atoms with E-state index in [1.165, 1.54) is 0 Å². The minimum atomic E-state index is -0.780. The van der Waals surface area contributed by atoms with E-state index < -0.39 is 11.6 Å². The van der Waals surface area contributed by atoms with E-state index in [0.717, 1.165) is 43.4 Å². The zero-order chi connectivity index (χ0) is 13.8. The molecule has 0 atom stereocenters. The Bertz CT molecular complexity index is 505. The lowest BCUT2D eigenvalue weighted by Crippen LogP contribution is -2.15. The fourth-order valence-electron chi connectivity index (χ4n) is 2.12. The van der Waals surface area contributed by atoms with Crippen molar-refractivity contribution in [1.82, 2.24) is 0 Å². The second-order valence-corrected chi connectivity index (χ2v) is 5.49. The Morgan fingerprint density at radius 1 is 1.26 bits per heavy atom. The molecule has 0 fully saturated rings. The molecule has 0 radical (unpaired) electrons. The normalized spacial score (nSPS) is 15.0. The van der Waals surface area contributed by atoms with Gasteiger partial charge in [0.15, 0.2) is 11.6 Å². The number of anilines is 1. The van der Waals surface area contributed by atoms with Crippen LogP contribution >= 0.6 is 15.9 Å². The molecule has 1 aliphatic rings. The minimum absolute atomic E-state index is 0.203. The van der Waals surface area contributed by atoms with Gasteiger partial charge in [0, 0.05) is 10.9 Å². The Morgan fingerprint density at radius 2 is 1.95 bits per heavy atom. The number of halogens is 3. The molecule has 1 aliphatic carbocycles. The van der Waals surface area contributed by atoms with Gasteiger partial charge in [-0.2, -0.15) is 0 Å². The van der Waals surface area contributed by atoms with E-state index in [-0.39, 0.29) is 18.0 Å². The van der Waals surface area contributed by atoms with Gasteiger partial charge in [-0.3, -0.25) is 4.79 Å². The van der Waals surface area contributed by atoms with Crippen LogP contribution < -0.4 is 5.32 Å². The Morgan fingerprint density at radius 3 is 2.53 bits per heavy atom. The second kappa shape index (κ2) is 6.28. The van der Waals surface area contributed by atoms with E-state index in [0.29, 0.717) is 4.47 Å². The maximum Gasteiger partial charge on any atom is 0.228 e. The fraction of sp³-hybridized carbons (Fsp3) is 0.357. The van der Waals surface area contributed by atoms with Crippen molar-refractivity contribution in [2.24, 2.45) is 0 Å². The molecule has 0 unspecified atom stereocenters. The maximum absolute atomic E-state index is 13.6. The molecule has 2 rings (SSSR count). The van der Waals surface area contributed by atoms with Crippen molar-refractivity contribution in [3.8, 4) is 0 Å². The molecule has 1 aromatic rings. The van der Waals surface area contributed by atoms with Crippen LogP contribution in [0, 0.1) is 11.6 Å². The molecule has 0 aromatic heterocycles. The third-order valence-corrected chi connectivity index (χ3v) is 3.50. The highest BCUT2D eigenvalue weighted by Crippen LogP contribution is 2.25. The lowest BCUT2D eigenvalue weighted by Gasteiger charge is -2.13. The summed E-state index contributed by atoms with van der Waals surface area (Å²) >= 11 is 2.99. The van der Waals surface area contributed by atoms with Crippen molar-refractivity contribution in [2.75, 3.05) is 5.32 Å². The average Bonchev–Trinajstić information content (AvgIpc) is 2.35. The summed E-state index contributed by atoms with van der Waals surface area (Å²) in [5, 5.41) is 2.30. The molecule has 1 amide bonds. The van der Waals surface area contributed by atoms with E-state index in [1.807, 2.05) is 6.08 Å². The molecule has 2 nitrogen and oxygen atoms in total. The molecule has 0 aliphatic heterocycles. The lowest BCUT2D eigenvalue weighted by molar-refractivity contribution is -0.115. The number of hydrogen-bond acceptors (Lipinski definition) is 1. The molecule has 1 aromatic carbocycles. The van der Waals surface area contributed by atoms with Gasteiger partial charge in [-0.05, 0) is 37.8 Å². The highest BCUT2D eigenvalue weighted by Gasteiger charge is 2.15. The molecule has 102 valence electrons. The number of allylic oxidation sites excluding steroid dienone is 1. The Hall–Kier alpha value is -1.23. The number of nitrogens with one attached hydrogen (secondary N) is 1. The van der Waals surface area contributed by atoms with Crippen molar-refractivity contribution in [2.45, 2.75) is 32.1 Å². The van der Waals surface area contributed by atoms with Gasteiger partial charge >= 0.3 is 0 Å². The van der Waals surface area contributed by atoms with Crippen LogP contribution in [0.15, 0.2) is 28.3 Å². The number of hydrogen-bond donors (Lipinski definition) is 1. The largest absolute Gasteiger partial charge is 0.321 e. The van der Waals surface area contributed by atoms with Crippen molar-refractivity contribution in [3.05, 3.63) is 39.9 Å². The van der Waals surface area contributed by atoms with E-state index >= 15 is 0 Å². The molecule has 1 N–H and O–H groups in total. The molecule has 0 saturated heterocycles. The van der Waals surface area contributed by atoms with Gasteiger partial charge in [-0.25, -0.2) is 8.78 Å². The first-order chi connectivity index (χ1) is 9.06. The molecule has 0 spiro atoms. The van der Waals surface area contributed by atoms with Crippen LogP contribution in [-0.4, -0.2) is 5.91 Å². The highest BCUT2D eigenvalue weighted by atomic mass is 79.9. The average molecular weight is 330 g/mol. The summed E-state index contributed by atoms with van der Waals surface area (Å²) < 4.78 is 27.4. The minimum Gasteiger partial charge on any atom is -0.321 e. The predicted molar refractivity (Wildman–Crippen MR) is 73.9 cm³/mol. The summed E-state index contributed by atoms with van der Waals surface area (Å²) in [7, 11) is 0. The topological polar surface area (TPSA) is 29.1 Å². The molecule has 19 heavy (non-hydrogen) atoms. The quantitative estimate of drug-likeness (QED) is 0.809.